The van der Waals surface area contributed by atoms with Gasteiger partial charge in [-0.05, 0) is 29.8 Å². The molecule has 0 saturated heterocycles. The van der Waals surface area contributed by atoms with Crippen molar-refractivity contribution in [2.24, 2.45) is 0 Å². The first-order valence-corrected chi connectivity index (χ1v) is 8.35. The Balaban J connectivity index is 1.54. The number of benzene rings is 2. The van der Waals surface area contributed by atoms with Crippen LogP contribution in [-0.4, -0.2) is 25.0 Å². The van der Waals surface area contributed by atoms with Crippen LogP contribution in [0.1, 0.15) is 12.0 Å². The number of hydrogen-bond donors (Lipinski definition) is 0. The minimum absolute atomic E-state index is 0.00897. The van der Waals surface area contributed by atoms with Gasteiger partial charge in [-0.3, -0.25) is 9.59 Å². The van der Waals surface area contributed by atoms with Crippen LogP contribution >= 0.6 is 15.9 Å². The van der Waals surface area contributed by atoms with Crippen molar-refractivity contribution in [3.05, 3.63) is 58.6 Å². The van der Waals surface area contributed by atoms with Crippen molar-refractivity contribution < 1.29 is 19.1 Å². The van der Waals surface area contributed by atoms with Gasteiger partial charge in [0.25, 0.3) is 5.91 Å². The van der Waals surface area contributed by atoms with Crippen LogP contribution in [-0.2, 0) is 20.9 Å². The van der Waals surface area contributed by atoms with Gasteiger partial charge < -0.3 is 14.4 Å². The number of para-hydroxylation sites is 2. The predicted molar refractivity (Wildman–Crippen MR) is 92.8 cm³/mol. The monoisotopic (exact) mass is 389 g/mol. The summed E-state index contributed by atoms with van der Waals surface area (Å²) in [6.45, 7) is 0.489. The Hall–Kier alpha value is -2.34. The molecule has 0 aromatic heterocycles. The molecule has 0 bridgehead atoms. The van der Waals surface area contributed by atoms with Gasteiger partial charge >= 0.3 is 5.97 Å². The zero-order valence-corrected chi connectivity index (χ0v) is 14.5. The average Bonchev–Trinajstić information content (AvgIpc) is 2.60. The first kappa shape index (κ1) is 16.5. The minimum Gasteiger partial charge on any atom is -0.482 e. The molecular formula is C18H16BrNO4. The molecule has 0 fully saturated rings. The summed E-state index contributed by atoms with van der Waals surface area (Å²) in [7, 11) is 0. The van der Waals surface area contributed by atoms with E-state index in [9.17, 15) is 9.59 Å². The number of rotatable bonds is 5. The van der Waals surface area contributed by atoms with Gasteiger partial charge in [0.05, 0.1) is 12.1 Å². The number of nitrogens with zero attached hydrogens (tertiary/aromatic N) is 1. The van der Waals surface area contributed by atoms with E-state index < -0.39 is 0 Å². The van der Waals surface area contributed by atoms with Crippen LogP contribution in [0.3, 0.4) is 0 Å². The number of hydrogen-bond acceptors (Lipinski definition) is 4. The summed E-state index contributed by atoms with van der Waals surface area (Å²) < 4.78 is 11.6. The molecule has 0 radical (unpaired) electrons. The lowest BCUT2D eigenvalue weighted by molar-refractivity contribution is -0.144. The molecule has 124 valence electrons. The second kappa shape index (κ2) is 7.49. The van der Waals surface area contributed by atoms with Crippen LogP contribution in [0, 0.1) is 0 Å². The molecule has 1 aliphatic heterocycles. The predicted octanol–water partition coefficient (Wildman–Crippen LogP) is 3.31. The summed E-state index contributed by atoms with van der Waals surface area (Å²) in [5.41, 5.74) is 1.61. The van der Waals surface area contributed by atoms with E-state index in [1.807, 2.05) is 36.4 Å². The molecule has 6 heteroatoms. The Bertz CT molecular complexity index is 745. The minimum atomic E-state index is -0.338. The molecule has 5 nitrogen and oxygen atoms in total. The first-order valence-electron chi connectivity index (χ1n) is 7.56. The van der Waals surface area contributed by atoms with Crippen molar-refractivity contribution in [1.29, 1.82) is 0 Å². The van der Waals surface area contributed by atoms with E-state index in [1.54, 1.807) is 17.0 Å². The molecule has 2 aromatic rings. The van der Waals surface area contributed by atoms with Crippen molar-refractivity contribution in [1.82, 2.24) is 0 Å². The molecular weight excluding hydrogens is 374 g/mol. The third-order valence-corrected chi connectivity index (χ3v) is 4.19. The lowest BCUT2D eigenvalue weighted by Crippen LogP contribution is -2.40. The van der Waals surface area contributed by atoms with Crippen LogP contribution in [0.15, 0.2) is 53.0 Å². The standard InChI is InChI=1S/C18H16BrNO4/c19-14-7-5-13(6-8-14)11-24-18(22)9-10-20-15-3-1-2-4-16(15)23-12-17(20)21/h1-8H,9-12H2. The summed E-state index contributed by atoms with van der Waals surface area (Å²) >= 11 is 3.36. The Kier molecular flexibility index (Phi) is 5.15. The van der Waals surface area contributed by atoms with Gasteiger partial charge in [0.2, 0.25) is 0 Å². The molecule has 1 amide bonds. The Morgan fingerprint density at radius 1 is 1.17 bits per heavy atom. The molecule has 0 atom stereocenters. The summed E-state index contributed by atoms with van der Waals surface area (Å²) in [6.07, 6.45) is 0.136. The molecule has 0 spiro atoms. The zero-order chi connectivity index (χ0) is 16.9. The maximum atomic E-state index is 12.0. The lowest BCUT2D eigenvalue weighted by atomic mass is 10.2. The first-order chi connectivity index (χ1) is 11.6. The van der Waals surface area contributed by atoms with Gasteiger partial charge in [-0.25, -0.2) is 0 Å². The van der Waals surface area contributed by atoms with Crippen molar-refractivity contribution in [2.45, 2.75) is 13.0 Å². The second-order valence-electron chi connectivity index (χ2n) is 5.34. The number of esters is 1. The number of carbonyl (C=O) groups is 2. The van der Waals surface area contributed by atoms with Gasteiger partial charge in [0.1, 0.15) is 12.4 Å². The fourth-order valence-corrected chi connectivity index (χ4v) is 2.68. The Morgan fingerprint density at radius 3 is 2.71 bits per heavy atom. The SMILES string of the molecule is O=C(CCN1C(=O)COc2ccccc21)OCc1ccc(Br)cc1. The highest BCUT2D eigenvalue weighted by molar-refractivity contribution is 9.10. The maximum absolute atomic E-state index is 12.0. The maximum Gasteiger partial charge on any atom is 0.307 e. The molecule has 3 rings (SSSR count). The molecule has 0 N–H and O–H groups in total. The largest absolute Gasteiger partial charge is 0.482 e. The molecule has 0 saturated carbocycles. The van der Waals surface area contributed by atoms with Crippen LogP contribution in [0.4, 0.5) is 5.69 Å². The number of ether oxygens (including phenoxy) is 2. The van der Waals surface area contributed by atoms with Gasteiger partial charge in [-0.15, -0.1) is 0 Å². The summed E-state index contributed by atoms with van der Waals surface area (Å²) in [4.78, 5) is 25.5. The lowest BCUT2D eigenvalue weighted by Gasteiger charge is -2.28. The van der Waals surface area contributed by atoms with Gasteiger partial charge in [0, 0.05) is 11.0 Å². The van der Waals surface area contributed by atoms with Gasteiger partial charge in [-0.1, -0.05) is 40.2 Å². The van der Waals surface area contributed by atoms with E-state index in [2.05, 4.69) is 15.9 Å². The van der Waals surface area contributed by atoms with E-state index in [-0.39, 0.29) is 38.1 Å². The fraction of sp³-hybridized carbons (Fsp3) is 0.222. The van der Waals surface area contributed by atoms with Gasteiger partial charge in [0.15, 0.2) is 6.61 Å². The third-order valence-electron chi connectivity index (χ3n) is 3.66. The Morgan fingerprint density at radius 2 is 1.92 bits per heavy atom. The molecule has 0 aliphatic carbocycles. The topological polar surface area (TPSA) is 55.8 Å². The number of fused-ring (bicyclic) bond motifs is 1. The number of anilines is 1. The van der Waals surface area contributed by atoms with Crippen molar-refractivity contribution in [2.75, 3.05) is 18.1 Å². The molecule has 24 heavy (non-hydrogen) atoms. The number of amides is 1. The quantitative estimate of drug-likeness (QED) is 0.736. The zero-order valence-electron chi connectivity index (χ0n) is 12.9. The van der Waals surface area contributed by atoms with Crippen molar-refractivity contribution in [3.63, 3.8) is 0 Å². The smallest absolute Gasteiger partial charge is 0.307 e. The average molecular weight is 390 g/mol. The van der Waals surface area contributed by atoms with Gasteiger partial charge in [-0.2, -0.15) is 0 Å². The number of halogens is 1. The van der Waals surface area contributed by atoms with E-state index in [0.717, 1.165) is 10.0 Å². The van der Waals surface area contributed by atoms with Crippen molar-refractivity contribution >= 4 is 33.5 Å². The second-order valence-corrected chi connectivity index (χ2v) is 6.25. The molecule has 1 heterocycles. The van der Waals surface area contributed by atoms with E-state index in [4.69, 9.17) is 9.47 Å². The van der Waals surface area contributed by atoms with E-state index in [1.165, 1.54) is 0 Å². The number of carbonyl (C=O) groups excluding carboxylic acids is 2. The third kappa shape index (κ3) is 3.94. The summed E-state index contributed by atoms with van der Waals surface area (Å²) in [6, 6.07) is 14.9. The van der Waals surface area contributed by atoms with Crippen molar-refractivity contribution in [3.8, 4) is 5.75 Å². The normalized spacial score (nSPS) is 13.2. The summed E-state index contributed by atoms with van der Waals surface area (Å²) in [5, 5.41) is 0. The van der Waals surface area contributed by atoms with Crippen LogP contribution in [0.25, 0.3) is 0 Å². The highest BCUT2D eigenvalue weighted by atomic mass is 79.9. The van der Waals surface area contributed by atoms with Crippen LogP contribution in [0.5, 0.6) is 5.75 Å². The summed E-state index contributed by atoms with van der Waals surface area (Å²) in [5.74, 6) is 0.157. The van der Waals surface area contributed by atoms with E-state index >= 15 is 0 Å². The highest BCUT2D eigenvalue weighted by Gasteiger charge is 2.25. The Labute approximate surface area is 148 Å². The molecule has 2 aromatic carbocycles. The molecule has 1 aliphatic rings. The van der Waals surface area contributed by atoms with E-state index in [0.29, 0.717) is 11.4 Å². The fourth-order valence-electron chi connectivity index (χ4n) is 2.42. The van der Waals surface area contributed by atoms with Crippen LogP contribution < -0.4 is 9.64 Å². The molecule has 0 unspecified atom stereocenters. The highest BCUT2D eigenvalue weighted by Crippen LogP contribution is 2.31. The van der Waals surface area contributed by atoms with Crippen LogP contribution in [0.2, 0.25) is 0 Å².